The Hall–Kier alpha value is -0.990. The van der Waals surface area contributed by atoms with E-state index in [0.29, 0.717) is 6.61 Å². The van der Waals surface area contributed by atoms with Gasteiger partial charge >= 0.3 is 6.16 Å². The molecule has 0 aromatic carbocycles. The number of hydrogen-bond donors (Lipinski definition) is 0. The fourth-order valence-electron chi connectivity index (χ4n) is 0.610. The van der Waals surface area contributed by atoms with E-state index >= 15 is 0 Å². The number of hydrogen-bond acceptors (Lipinski definition) is 3. The maximum absolute atomic E-state index is 10.5. The first-order valence-corrected chi connectivity index (χ1v) is 3.75. The first-order chi connectivity index (χ1) is 5.31. The Morgan fingerprint density at radius 2 is 2.27 bits per heavy atom. The molecule has 0 atom stereocenters. The van der Waals surface area contributed by atoms with Crippen LogP contribution in [0.3, 0.4) is 0 Å². The van der Waals surface area contributed by atoms with Crippen LogP contribution in [0.1, 0.15) is 26.2 Å². The second-order valence-electron chi connectivity index (χ2n) is 2.09. The molecule has 0 saturated heterocycles. The summed E-state index contributed by atoms with van der Waals surface area (Å²) in [6, 6.07) is 0. The lowest BCUT2D eigenvalue weighted by molar-refractivity contribution is 0.0835. The highest BCUT2D eigenvalue weighted by Crippen LogP contribution is 1.95. The normalized spacial score (nSPS) is 8.82. The molecule has 11 heavy (non-hydrogen) atoms. The molecule has 0 amide bonds. The second kappa shape index (κ2) is 7.12. The van der Waals surface area contributed by atoms with Crippen molar-refractivity contribution in [1.82, 2.24) is 0 Å². The minimum absolute atomic E-state index is 0.431. The first-order valence-electron chi connectivity index (χ1n) is 3.75. The third-order valence-corrected chi connectivity index (χ3v) is 1.15. The zero-order valence-corrected chi connectivity index (χ0v) is 6.84. The van der Waals surface area contributed by atoms with E-state index in [1.807, 2.05) is 0 Å². The van der Waals surface area contributed by atoms with E-state index in [1.165, 1.54) is 0 Å². The van der Waals surface area contributed by atoms with Gasteiger partial charge in [-0.3, -0.25) is 0 Å². The summed E-state index contributed by atoms with van der Waals surface area (Å²) in [4.78, 5) is 10.5. The summed E-state index contributed by atoms with van der Waals surface area (Å²) in [5.74, 6) is 0. The maximum atomic E-state index is 10.5. The van der Waals surface area contributed by atoms with Crippen molar-refractivity contribution in [3.8, 4) is 0 Å². The Bertz CT molecular complexity index is 121. The number of ether oxygens (including phenoxy) is 2. The Labute approximate surface area is 67.0 Å². The second-order valence-corrected chi connectivity index (χ2v) is 2.09. The van der Waals surface area contributed by atoms with Crippen LogP contribution in [0, 0.1) is 0 Å². The summed E-state index contributed by atoms with van der Waals surface area (Å²) in [5, 5.41) is 0. The molecule has 0 aliphatic rings. The highest BCUT2D eigenvalue weighted by molar-refractivity contribution is 5.60. The van der Waals surface area contributed by atoms with Gasteiger partial charge < -0.3 is 9.47 Å². The Kier molecular flexibility index (Phi) is 6.48. The van der Waals surface area contributed by atoms with E-state index in [0.717, 1.165) is 25.5 Å². The van der Waals surface area contributed by atoms with Crippen LogP contribution in [-0.4, -0.2) is 12.8 Å². The topological polar surface area (TPSA) is 35.5 Å². The molecule has 3 heteroatoms. The molecule has 0 bridgehead atoms. The molecule has 0 spiro atoms. The number of unbranched alkanes of at least 4 members (excludes halogenated alkanes) is 2. The van der Waals surface area contributed by atoms with Crippen molar-refractivity contribution in [2.24, 2.45) is 0 Å². The standard InChI is InChI=1S/C8H14O3/c1-3-5-6-7-11-8(9)10-4-2/h4H,2-3,5-7H2,1H3. The lowest BCUT2D eigenvalue weighted by atomic mass is 10.3. The van der Waals surface area contributed by atoms with Gasteiger partial charge in [0, 0.05) is 0 Å². The molecule has 0 unspecified atom stereocenters. The van der Waals surface area contributed by atoms with Crippen LogP contribution in [-0.2, 0) is 9.47 Å². The van der Waals surface area contributed by atoms with E-state index in [-0.39, 0.29) is 0 Å². The third kappa shape index (κ3) is 6.90. The predicted molar refractivity (Wildman–Crippen MR) is 42.2 cm³/mol. The Morgan fingerprint density at radius 1 is 1.55 bits per heavy atom. The molecule has 0 aliphatic heterocycles. The Morgan fingerprint density at radius 3 is 2.82 bits per heavy atom. The fourth-order valence-corrected chi connectivity index (χ4v) is 0.610. The first kappa shape index (κ1) is 10.0. The quantitative estimate of drug-likeness (QED) is 0.350. The van der Waals surface area contributed by atoms with Crippen LogP contribution in [0.15, 0.2) is 12.8 Å². The van der Waals surface area contributed by atoms with Crippen LogP contribution in [0.5, 0.6) is 0 Å². The van der Waals surface area contributed by atoms with E-state index < -0.39 is 6.16 Å². The van der Waals surface area contributed by atoms with Gasteiger partial charge in [-0.2, -0.15) is 0 Å². The monoisotopic (exact) mass is 158 g/mol. The molecule has 0 aromatic rings. The van der Waals surface area contributed by atoms with Crippen molar-refractivity contribution in [3.05, 3.63) is 12.8 Å². The van der Waals surface area contributed by atoms with Gasteiger partial charge in [-0.25, -0.2) is 4.79 Å². The van der Waals surface area contributed by atoms with Gasteiger partial charge in [-0.15, -0.1) is 0 Å². The molecule has 64 valence electrons. The molecule has 0 aromatic heterocycles. The summed E-state index contributed by atoms with van der Waals surface area (Å²) in [7, 11) is 0. The molecular weight excluding hydrogens is 144 g/mol. The van der Waals surface area contributed by atoms with Crippen LogP contribution in [0.2, 0.25) is 0 Å². The zero-order valence-electron chi connectivity index (χ0n) is 6.84. The zero-order chi connectivity index (χ0) is 8.53. The van der Waals surface area contributed by atoms with E-state index in [2.05, 4.69) is 23.0 Å². The largest absolute Gasteiger partial charge is 0.513 e. The van der Waals surface area contributed by atoms with Crippen LogP contribution in [0.25, 0.3) is 0 Å². The maximum Gasteiger partial charge on any atom is 0.513 e. The molecule has 0 rings (SSSR count). The minimum atomic E-state index is -0.670. The molecule has 0 N–H and O–H groups in total. The SMILES string of the molecule is C=COC(=O)OCCCCC. The van der Waals surface area contributed by atoms with Gasteiger partial charge in [0.1, 0.15) is 0 Å². The van der Waals surface area contributed by atoms with Crippen molar-refractivity contribution in [2.45, 2.75) is 26.2 Å². The van der Waals surface area contributed by atoms with Crippen molar-refractivity contribution in [1.29, 1.82) is 0 Å². The van der Waals surface area contributed by atoms with Crippen molar-refractivity contribution in [3.63, 3.8) is 0 Å². The van der Waals surface area contributed by atoms with Gasteiger partial charge in [0.15, 0.2) is 0 Å². The summed E-state index contributed by atoms with van der Waals surface area (Å²) < 4.78 is 8.98. The van der Waals surface area contributed by atoms with Crippen LogP contribution in [0.4, 0.5) is 4.79 Å². The van der Waals surface area contributed by atoms with Gasteiger partial charge in [-0.05, 0) is 6.42 Å². The smallest absolute Gasteiger partial charge is 0.434 e. The van der Waals surface area contributed by atoms with E-state index in [9.17, 15) is 4.79 Å². The summed E-state index contributed by atoms with van der Waals surface area (Å²) in [5.41, 5.74) is 0. The third-order valence-electron chi connectivity index (χ3n) is 1.15. The van der Waals surface area contributed by atoms with E-state index in [1.54, 1.807) is 0 Å². The number of rotatable bonds is 5. The summed E-state index contributed by atoms with van der Waals surface area (Å²) in [6.07, 6.45) is 3.46. The fraction of sp³-hybridized carbons (Fsp3) is 0.625. The van der Waals surface area contributed by atoms with Crippen molar-refractivity contribution >= 4 is 6.16 Å². The van der Waals surface area contributed by atoms with Crippen molar-refractivity contribution in [2.75, 3.05) is 6.61 Å². The predicted octanol–water partition coefficient (Wildman–Crippen LogP) is 2.47. The molecule has 0 heterocycles. The van der Waals surface area contributed by atoms with Gasteiger partial charge in [0.05, 0.1) is 12.9 Å². The van der Waals surface area contributed by atoms with Crippen LogP contribution < -0.4 is 0 Å². The average molecular weight is 158 g/mol. The molecular formula is C8H14O3. The molecule has 0 fully saturated rings. The minimum Gasteiger partial charge on any atom is -0.434 e. The Balaban J connectivity index is 3.10. The molecule has 0 radical (unpaired) electrons. The van der Waals surface area contributed by atoms with Crippen molar-refractivity contribution < 1.29 is 14.3 Å². The summed E-state index contributed by atoms with van der Waals surface area (Å²) in [6.45, 7) is 5.74. The molecule has 3 nitrogen and oxygen atoms in total. The van der Waals surface area contributed by atoms with Crippen LogP contribution >= 0.6 is 0 Å². The number of carbonyl (C=O) groups is 1. The lowest BCUT2D eigenvalue weighted by Crippen LogP contribution is -2.04. The lowest BCUT2D eigenvalue weighted by Gasteiger charge is -2.00. The van der Waals surface area contributed by atoms with E-state index in [4.69, 9.17) is 0 Å². The number of carbonyl (C=O) groups excluding carboxylic acids is 1. The van der Waals surface area contributed by atoms with Gasteiger partial charge in [0.25, 0.3) is 0 Å². The van der Waals surface area contributed by atoms with Gasteiger partial charge in [-0.1, -0.05) is 26.3 Å². The summed E-state index contributed by atoms with van der Waals surface area (Å²) >= 11 is 0. The van der Waals surface area contributed by atoms with Gasteiger partial charge in [0.2, 0.25) is 0 Å². The molecule has 0 saturated carbocycles. The average Bonchev–Trinajstić information content (AvgIpc) is 1.99. The molecule has 0 aliphatic carbocycles. The highest BCUT2D eigenvalue weighted by atomic mass is 16.7. The highest BCUT2D eigenvalue weighted by Gasteiger charge is 1.98.